The molecule has 1 aromatic rings. The van der Waals surface area contributed by atoms with Gasteiger partial charge in [0.1, 0.15) is 11.9 Å². The fraction of sp³-hybridized carbons (Fsp3) is 0.550. The van der Waals surface area contributed by atoms with E-state index in [1.807, 2.05) is 4.90 Å². The maximum atomic E-state index is 14.7. The highest BCUT2D eigenvalue weighted by Crippen LogP contribution is 2.31. The second-order valence-electron chi connectivity index (χ2n) is 7.20. The zero-order valence-electron chi connectivity index (χ0n) is 16.0. The number of nitrogens with zero attached hydrogens (tertiary/aromatic N) is 3. The molecule has 28 heavy (non-hydrogen) atoms. The highest BCUT2D eigenvalue weighted by molar-refractivity contribution is 5.90. The number of nitriles is 1. The summed E-state index contributed by atoms with van der Waals surface area (Å²) in [6.45, 7) is 3.69. The molecule has 0 spiro atoms. The Morgan fingerprint density at radius 3 is 2.79 bits per heavy atom. The summed E-state index contributed by atoms with van der Waals surface area (Å²) in [6, 6.07) is 6.96. The number of carbonyl (C=O) groups is 2. The summed E-state index contributed by atoms with van der Waals surface area (Å²) < 4.78 is 20.0. The van der Waals surface area contributed by atoms with Crippen molar-refractivity contribution in [1.29, 1.82) is 5.26 Å². The molecule has 0 saturated carbocycles. The molecule has 2 saturated heterocycles. The van der Waals surface area contributed by atoms with E-state index in [1.165, 1.54) is 11.0 Å². The first-order valence-electron chi connectivity index (χ1n) is 9.68. The average molecular weight is 388 g/mol. The molecule has 1 atom stereocenters. The van der Waals surface area contributed by atoms with Gasteiger partial charge >= 0.3 is 6.09 Å². The number of anilines is 2. The first kappa shape index (κ1) is 19.9. The Kier molecular flexibility index (Phi) is 6.34. The Hall–Kier alpha value is -2.82. The topological polar surface area (TPSA) is 85.7 Å². The van der Waals surface area contributed by atoms with Crippen LogP contribution in [0.1, 0.15) is 32.6 Å². The van der Waals surface area contributed by atoms with Crippen LogP contribution in [-0.2, 0) is 9.53 Å². The summed E-state index contributed by atoms with van der Waals surface area (Å²) in [5.41, 5.74) is 0.952. The van der Waals surface area contributed by atoms with E-state index < -0.39 is 12.2 Å². The summed E-state index contributed by atoms with van der Waals surface area (Å²) in [5, 5.41) is 11.5. The van der Waals surface area contributed by atoms with Crippen molar-refractivity contribution in [2.75, 3.05) is 36.0 Å². The zero-order chi connectivity index (χ0) is 20.1. The van der Waals surface area contributed by atoms with E-state index in [4.69, 9.17) is 10.00 Å². The first-order chi connectivity index (χ1) is 13.5. The molecule has 3 rings (SSSR count). The number of piperidine rings is 1. The monoisotopic (exact) mass is 388 g/mol. The number of halogens is 1. The van der Waals surface area contributed by atoms with Crippen molar-refractivity contribution < 1.29 is 18.7 Å². The van der Waals surface area contributed by atoms with Crippen LogP contribution < -0.4 is 15.1 Å². The van der Waals surface area contributed by atoms with Crippen molar-refractivity contribution in [3.8, 4) is 6.07 Å². The van der Waals surface area contributed by atoms with Crippen molar-refractivity contribution in [2.24, 2.45) is 5.92 Å². The zero-order valence-corrected chi connectivity index (χ0v) is 16.0. The second kappa shape index (κ2) is 8.91. The van der Waals surface area contributed by atoms with Crippen LogP contribution in [0.2, 0.25) is 0 Å². The number of carbonyl (C=O) groups excluding carboxylic acids is 2. The van der Waals surface area contributed by atoms with Gasteiger partial charge in [-0.25, -0.2) is 9.18 Å². The number of ether oxygens (including phenoxy) is 1. The summed E-state index contributed by atoms with van der Waals surface area (Å²) in [6.07, 6.45) is 1.67. The minimum absolute atomic E-state index is 0.108. The summed E-state index contributed by atoms with van der Waals surface area (Å²) in [4.78, 5) is 26.9. The molecule has 2 aliphatic heterocycles. The summed E-state index contributed by atoms with van der Waals surface area (Å²) >= 11 is 0. The smallest absolute Gasteiger partial charge is 0.414 e. The molecule has 0 radical (unpaired) electrons. The van der Waals surface area contributed by atoms with Crippen LogP contribution in [0.25, 0.3) is 0 Å². The highest BCUT2D eigenvalue weighted by atomic mass is 19.1. The Balaban J connectivity index is 1.62. The minimum atomic E-state index is -0.541. The lowest BCUT2D eigenvalue weighted by Gasteiger charge is -2.33. The normalized spacial score (nSPS) is 20.0. The summed E-state index contributed by atoms with van der Waals surface area (Å²) in [5.74, 6) is -0.108. The third-order valence-corrected chi connectivity index (χ3v) is 5.30. The quantitative estimate of drug-likeness (QED) is 0.810. The number of rotatable bonds is 6. The van der Waals surface area contributed by atoms with E-state index in [-0.39, 0.29) is 24.8 Å². The van der Waals surface area contributed by atoms with E-state index in [2.05, 4.69) is 11.4 Å². The van der Waals surface area contributed by atoms with Gasteiger partial charge in [-0.1, -0.05) is 6.92 Å². The third-order valence-electron chi connectivity index (χ3n) is 5.30. The molecule has 7 nitrogen and oxygen atoms in total. The molecular weight excluding hydrogens is 363 g/mol. The maximum absolute atomic E-state index is 14.7. The number of benzene rings is 1. The predicted molar refractivity (Wildman–Crippen MR) is 102 cm³/mol. The fourth-order valence-electron chi connectivity index (χ4n) is 3.62. The third kappa shape index (κ3) is 4.53. The predicted octanol–water partition coefficient (Wildman–Crippen LogP) is 2.81. The fourth-order valence-corrected chi connectivity index (χ4v) is 3.62. The van der Waals surface area contributed by atoms with Gasteiger partial charge in [-0.15, -0.1) is 0 Å². The van der Waals surface area contributed by atoms with Gasteiger partial charge < -0.3 is 15.0 Å². The highest BCUT2D eigenvalue weighted by Gasteiger charge is 2.33. The van der Waals surface area contributed by atoms with Gasteiger partial charge in [0.2, 0.25) is 5.91 Å². The Morgan fingerprint density at radius 2 is 2.14 bits per heavy atom. The second-order valence-corrected chi connectivity index (χ2v) is 7.20. The van der Waals surface area contributed by atoms with Gasteiger partial charge in [0.25, 0.3) is 0 Å². The number of amides is 2. The van der Waals surface area contributed by atoms with E-state index >= 15 is 0 Å². The van der Waals surface area contributed by atoms with Crippen LogP contribution in [0.5, 0.6) is 0 Å². The number of hydrogen-bond donors (Lipinski definition) is 1. The maximum Gasteiger partial charge on any atom is 0.414 e. The standard InChI is InChI=1S/C20H25FN4O3/c1-2-19(26)23-12-16-13-25(20(27)28-16)15-3-4-18(17(21)11-15)24-9-6-14(5-8-22)7-10-24/h3-4,11,14,16H,2,5-7,9-10,12-13H2,1H3,(H,23,26). The Bertz CT molecular complexity index is 771. The van der Waals surface area contributed by atoms with Gasteiger partial charge in [0, 0.05) is 25.9 Å². The van der Waals surface area contributed by atoms with Gasteiger partial charge in [-0.2, -0.15) is 5.26 Å². The van der Waals surface area contributed by atoms with E-state index in [9.17, 15) is 14.0 Å². The van der Waals surface area contributed by atoms with Crippen LogP contribution in [0.4, 0.5) is 20.6 Å². The summed E-state index contributed by atoms with van der Waals surface area (Å²) in [7, 11) is 0. The lowest BCUT2D eigenvalue weighted by atomic mass is 9.94. The van der Waals surface area contributed by atoms with Crippen molar-refractivity contribution >= 4 is 23.4 Å². The van der Waals surface area contributed by atoms with Crippen molar-refractivity contribution in [3.05, 3.63) is 24.0 Å². The number of cyclic esters (lactones) is 1. The molecule has 0 aromatic heterocycles. The van der Waals surface area contributed by atoms with E-state index in [0.717, 1.165) is 12.8 Å². The van der Waals surface area contributed by atoms with Gasteiger partial charge in [-0.05, 0) is 37.0 Å². The molecule has 8 heteroatoms. The Labute approximate surface area is 164 Å². The van der Waals surface area contributed by atoms with E-state index in [1.54, 1.807) is 19.1 Å². The van der Waals surface area contributed by atoms with Gasteiger partial charge in [0.05, 0.1) is 30.5 Å². The van der Waals surface area contributed by atoms with E-state index in [0.29, 0.717) is 43.2 Å². The molecule has 2 heterocycles. The van der Waals surface area contributed by atoms with Crippen molar-refractivity contribution in [3.63, 3.8) is 0 Å². The van der Waals surface area contributed by atoms with Gasteiger partial charge in [0.15, 0.2) is 0 Å². The molecule has 2 amide bonds. The number of hydrogen-bond acceptors (Lipinski definition) is 5. The number of nitrogens with one attached hydrogen (secondary N) is 1. The van der Waals surface area contributed by atoms with Crippen molar-refractivity contribution in [2.45, 2.75) is 38.7 Å². The molecule has 0 bridgehead atoms. The minimum Gasteiger partial charge on any atom is -0.442 e. The molecule has 150 valence electrons. The lowest BCUT2D eigenvalue weighted by molar-refractivity contribution is -0.121. The molecule has 1 unspecified atom stereocenters. The lowest BCUT2D eigenvalue weighted by Crippen LogP contribution is -2.34. The van der Waals surface area contributed by atoms with Crippen molar-refractivity contribution in [1.82, 2.24) is 5.32 Å². The first-order valence-corrected chi connectivity index (χ1v) is 9.68. The largest absolute Gasteiger partial charge is 0.442 e. The molecule has 0 aliphatic carbocycles. The molecule has 1 aromatic carbocycles. The van der Waals surface area contributed by atoms with Crippen LogP contribution in [0.15, 0.2) is 18.2 Å². The van der Waals surface area contributed by atoms with Crippen LogP contribution in [0.3, 0.4) is 0 Å². The molecule has 2 fully saturated rings. The van der Waals surface area contributed by atoms with Crippen LogP contribution >= 0.6 is 0 Å². The van der Waals surface area contributed by atoms with Crippen LogP contribution in [-0.4, -0.2) is 44.3 Å². The Morgan fingerprint density at radius 1 is 1.39 bits per heavy atom. The van der Waals surface area contributed by atoms with Crippen LogP contribution in [0, 0.1) is 23.1 Å². The van der Waals surface area contributed by atoms with Gasteiger partial charge in [-0.3, -0.25) is 9.69 Å². The SMILES string of the molecule is CCC(=O)NCC1CN(c2ccc(N3CCC(CC#N)CC3)c(F)c2)C(=O)O1. The average Bonchev–Trinajstić information content (AvgIpc) is 3.07. The molecule has 2 aliphatic rings. The molecule has 1 N–H and O–H groups in total. The molecular formula is C20H25FN4O3.